The number of nitrogens with one attached hydrogen (secondary N) is 1. The van der Waals surface area contributed by atoms with Crippen molar-refractivity contribution in [1.29, 1.82) is 0 Å². The Morgan fingerprint density at radius 1 is 1.00 bits per heavy atom. The van der Waals surface area contributed by atoms with Crippen molar-refractivity contribution in [3.05, 3.63) is 66.4 Å². The maximum atomic E-state index is 12.8. The molecular weight excluding hydrogens is 326 g/mol. The molecule has 1 saturated heterocycles. The van der Waals surface area contributed by atoms with Gasteiger partial charge in [0.2, 0.25) is 0 Å². The summed E-state index contributed by atoms with van der Waals surface area (Å²) >= 11 is 0. The van der Waals surface area contributed by atoms with Crippen LogP contribution in [0.3, 0.4) is 0 Å². The molecule has 0 saturated carbocycles. The summed E-state index contributed by atoms with van der Waals surface area (Å²) in [5, 5.41) is 4.36. The zero-order valence-corrected chi connectivity index (χ0v) is 14.7. The van der Waals surface area contributed by atoms with E-state index in [1.54, 1.807) is 0 Å². The molecule has 3 aromatic rings. The quantitative estimate of drug-likeness (QED) is 0.720. The number of carbonyl (C=O) groups excluding carboxylic acids is 1. The predicted octanol–water partition coefficient (Wildman–Crippen LogP) is 2.69. The maximum absolute atomic E-state index is 12.8. The van der Waals surface area contributed by atoms with Crippen molar-refractivity contribution in [3.63, 3.8) is 0 Å². The standard InChI is InChI=1S/C21H23N3O2/c25-21(26-15-14-23-12-10-22-11-13-23)20-16-17-6-4-5-9-19(17)24(20)18-7-2-1-3-8-18/h1-9,16,22H,10-15H2. The Morgan fingerprint density at radius 3 is 2.54 bits per heavy atom. The number of carbonyl (C=O) groups is 1. The molecule has 1 N–H and O–H groups in total. The molecule has 26 heavy (non-hydrogen) atoms. The number of ether oxygens (including phenoxy) is 1. The number of piperazine rings is 1. The minimum absolute atomic E-state index is 0.278. The largest absolute Gasteiger partial charge is 0.460 e. The predicted molar refractivity (Wildman–Crippen MR) is 103 cm³/mol. The molecule has 1 aliphatic rings. The van der Waals surface area contributed by atoms with Crippen molar-refractivity contribution in [1.82, 2.24) is 14.8 Å². The fraction of sp³-hybridized carbons (Fsp3) is 0.286. The van der Waals surface area contributed by atoms with Crippen LogP contribution in [0.2, 0.25) is 0 Å². The SMILES string of the molecule is O=C(OCCN1CCNCC1)c1cc2ccccc2n1-c1ccccc1. The van der Waals surface area contributed by atoms with E-state index in [4.69, 9.17) is 4.74 Å². The molecule has 2 heterocycles. The van der Waals surface area contributed by atoms with Gasteiger partial charge >= 0.3 is 5.97 Å². The first-order valence-electron chi connectivity index (χ1n) is 9.09. The van der Waals surface area contributed by atoms with E-state index in [1.165, 1.54) is 0 Å². The summed E-state index contributed by atoms with van der Waals surface area (Å²) < 4.78 is 7.58. The minimum atomic E-state index is -0.278. The number of para-hydroxylation sites is 2. The molecule has 1 aliphatic heterocycles. The lowest BCUT2D eigenvalue weighted by atomic mass is 10.2. The Hall–Kier alpha value is -2.63. The van der Waals surface area contributed by atoms with Crippen molar-refractivity contribution in [2.24, 2.45) is 0 Å². The first-order valence-corrected chi connectivity index (χ1v) is 9.09. The lowest BCUT2D eigenvalue weighted by molar-refractivity contribution is 0.0447. The van der Waals surface area contributed by atoms with E-state index in [2.05, 4.69) is 10.2 Å². The molecule has 0 unspecified atom stereocenters. The summed E-state index contributed by atoms with van der Waals surface area (Å²) in [7, 11) is 0. The van der Waals surface area contributed by atoms with E-state index < -0.39 is 0 Å². The second kappa shape index (κ2) is 7.72. The van der Waals surface area contributed by atoms with Crippen LogP contribution < -0.4 is 5.32 Å². The first kappa shape index (κ1) is 16.8. The zero-order valence-electron chi connectivity index (χ0n) is 14.7. The average Bonchev–Trinajstić information content (AvgIpc) is 3.09. The highest BCUT2D eigenvalue weighted by Gasteiger charge is 2.18. The van der Waals surface area contributed by atoms with Crippen molar-refractivity contribution in [2.75, 3.05) is 39.3 Å². The fourth-order valence-electron chi connectivity index (χ4n) is 3.44. The van der Waals surface area contributed by atoms with Crippen LogP contribution in [0.5, 0.6) is 0 Å². The van der Waals surface area contributed by atoms with Crippen LogP contribution in [0.15, 0.2) is 60.7 Å². The van der Waals surface area contributed by atoms with Gasteiger partial charge in [0.25, 0.3) is 0 Å². The lowest BCUT2D eigenvalue weighted by Gasteiger charge is -2.26. The average molecular weight is 349 g/mol. The Kier molecular flexibility index (Phi) is 5.00. The summed E-state index contributed by atoms with van der Waals surface area (Å²) in [5.41, 5.74) is 2.54. The number of esters is 1. The highest BCUT2D eigenvalue weighted by molar-refractivity contribution is 5.97. The molecule has 0 aliphatic carbocycles. The molecule has 134 valence electrons. The summed E-state index contributed by atoms with van der Waals surface area (Å²) in [4.78, 5) is 15.1. The zero-order chi connectivity index (χ0) is 17.8. The van der Waals surface area contributed by atoms with Gasteiger partial charge in [-0.3, -0.25) is 4.90 Å². The van der Waals surface area contributed by atoms with Crippen molar-refractivity contribution in [3.8, 4) is 5.69 Å². The van der Waals surface area contributed by atoms with Crippen LogP contribution in [0.1, 0.15) is 10.5 Å². The third kappa shape index (κ3) is 3.49. The molecule has 0 atom stereocenters. The van der Waals surface area contributed by atoms with Gasteiger partial charge in [0.1, 0.15) is 12.3 Å². The number of fused-ring (bicyclic) bond motifs is 1. The third-order valence-corrected chi connectivity index (χ3v) is 4.78. The molecule has 0 spiro atoms. The monoisotopic (exact) mass is 349 g/mol. The Morgan fingerprint density at radius 2 is 1.73 bits per heavy atom. The number of benzene rings is 2. The summed E-state index contributed by atoms with van der Waals surface area (Å²) in [6, 6.07) is 19.9. The van der Waals surface area contributed by atoms with Gasteiger partial charge in [-0.15, -0.1) is 0 Å². The second-order valence-electron chi connectivity index (χ2n) is 6.49. The molecule has 4 rings (SSSR count). The lowest BCUT2D eigenvalue weighted by Crippen LogP contribution is -2.44. The second-order valence-corrected chi connectivity index (χ2v) is 6.49. The van der Waals surface area contributed by atoms with Crippen LogP contribution in [-0.4, -0.2) is 54.8 Å². The number of nitrogens with zero attached hydrogens (tertiary/aromatic N) is 2. The van der Waals surface area contributed by atoms with E-state index in [-0.39, 0.29) is 5.97 Å². The minimum Gasteiger partial charge on any atom is -0.460 e. The molecular formula is C21H23N3O2. The van der Waals surface area contributed by atoms with Gasteiger partial charge in [0.05, 0.1) is 5.52 Å². The molecule has 2 aromatic carbocycles. The van der Waals surface area contributed by atoms with Gasteiger partial charge in [-0.1, -0.05) is 36.4 Å². The number of aromatic nitrogens is 1. The molecule has 5 heteroatoms. The van der Waals surface area contributed by atoms with E-state index in [1.807, 2.05) is 65.2 Å². The van der Waals surface area contributed by atoms with Crippen LogP contribution in [0, 0.1) is 0 Å². The van der Waals surface area contributed by atoms with Gasteiger partial charge in [-0.05, 0) is 24.3 Å². The molecule has 1 aromatic heterocycles. The van der Waals surface area contributed by atoms with Crippen molar-refractivity contribution < 1.29 is 9.53 Å². The van der Waals surface area contributed by atoms with Crippen LogP contribution in [0.25, 0.3) is 16.6 Å². The molecule has 0 bridgehead atoms. The van der Waals surface area contributed by atoms with Gasteiger partial charge in [0, 0.05) is 43.8 Å². The van der Waals surface area contributed by atoms with Crippen molar-refractivity contribution in [2.45, 2.75) is 0 Å². The highest BCUT2D eigenvalue weighted by Crippen LogP contribution is 2.24. The Bertz CT molecular complexity index is 883. The fourth-order valence-corrected chi connectivity index (χ4v) is 3.44. The van der Waals surface area contributed by atoms with E-state index in [0.717, 1.165) is 49.3 Å². The highest BCUT2D eigenvalue weighted by atomic mass is 16.5. The third-order valence-electron chi connectivity index (χ3n) is 4.78. The Balaban J connectivity index is 1.56. The Labute approximate surface area is 153 Å². The first-order chi connectivity index (χ1) is 12.8. The number of hydrogen-bond acceptors (Lipinski definition) is 4. The van der Waals surface area contributed by atoms with E-state index >= 15 is 0 Å². The van der Waals surface area contributed by atoms with Gasteiger partial charge < -0.3 is 14.6 Å². The number of hydrogen-bond donors (Lipinski definition) is 1. The topological polar surface area (TPSA) is 46.5 Å². The van der Waals surface area contributed by atoms with Gasteiger partial charge in [0.15, 0.2) is 0 Å². The molecule has 5 nitrogen and oxygen atoms in total. The number of rotatable bonds is 5. The summed E-state index contributed by atoms with van der Waals surface area (Å²) in [6.45, 7) is 5.18. The molecule has 0 amide bonds. The van der Waals surface area contributed by atoms with E-state index in [0.29, 0.717) is 12.3 Å². The smallest absolute Gasteiger partial charge is 0.355 e. The van der Waals surface area contributed by atoms with Crippen LogP contribution >= 0.6 is 0 Å². The van der Waals surface area contributed by atoms with Crippen molar-refractivity contribution >= 4 is 16.9 Å². The van der Waals surface area contributed by atoms with E-state index in [9.17, 15) is 4.79 Å². The maximum Gasteiger partial charge on any atom is 0.355 e. The van der Waals surface area contributed by atoms with Crippen LogP contribution in [-0.2, 0) is 4.74 Å². The van der Waals surface area contributed by atoms with Crippen LogP contribution in [0.4, 0.5) is 0 Å². The normalized spacial score (nSPS) is 15.2. The summed E-state index contributed by atoms with van der Waals surface area (Å²) in [6.07, 6.45) is 0. The molecule has 0 radical (unpaired) electrons. The molecule has 1 fully saturated rings. The van der Waals surface area contributed by atoms with Gasteiger partial charge in [-0.2, -0.15) is 0 Å². The summed E-state index contributed by atoms with van der Waals surface area (Å²) in [5.74, 6) is -0.278. The van der Waals surface area contributed by atoms with Gasteiger partial charge in [-0.25, -0.2) is 4.79 Å².